The van der Waals surface area contributed by atoms with Gasteiger partial charge in [-0.1, -0.05) is 35.9 Å². The molecule has 0 fully saturated rings. The molecule has 0 aliphatic carbocycles. The highest BCUT2D eigenvalue weighted by atomic mass is 35.5. The van der Waals surface area contributed by atoms with Crippen molar-refractivity contribution in [1.82, 2.24) is 9.97 Å². The molecule has 3 aromatic rings. The first kappa shape index (κ1) is 13.6. The second kappa shape index (κ2) is 5.97. The Hall–Kier alpha value is -2.33. The number of para-hydroxylation sites is 2. The molecule has 0 saturated carbocycles. The number of ether oxygens (including phenoxy) is 1. The molecule has 2 aromatic carbocycles. The number of rotatable bonds is 4. The number of methoxy groups -OCH3 is 1. The number of anilines is 1. The van der Waals surface area contributed by atoms with Crippen LogP contribution in [0.1, 0.15) is 5.56 Å². The molecular formula is C16H14ClN3O. The lowest BCUT2D eigenvalue weighted by Crippen LogP contribution is -2.03. The van der Waals surface area contributed by atoms with Crippen LogP contribution in [-0.2, 0) is 6.54 Å². The van der Waals surface area contributed by atoms with Crippen molar-refractivity contribution in [2.24, 2.45) is 0 Å². The molecule has 0 atom stereocenters. The summed E-state index contributed by atoms with van der Waals surface area (Å²) in [5.41, 5.74) is 2.69. The molecule has 5 heteroatoms. The number of hydrogen-bond acceptors (Lipinski definition) is 4. The van der Waals surface area contributed by atoms with Gasteiger partial charge < -0.3 is 10.1 Å². The van der Waals surface area contributed by atoms with Crippen LogP contribution in [0.25, 0.3) is 11.0 Å². The second-order valence-electron chi connectivity index (χ2n) is 4.56. The minimum absolute atomic E-state index is 0.372. The molecule has 0 saturated heterocycles. The predicted molar refractivity (Wildman–Crippen MR) is 84.9 cm³/mol. The first-order chi connectivity index (χ1) is 10.3. The summed E-state index contributed by atoms with van der Waals surface area (Å²) in [5, 5.41) is 3.58. The molecule has 0 unspecified atom stereocenters. The van der Waals surface area contributed by atoms with Crippen LogP contribution in [0.3, 0.4) is 0 Å². The zero-order valence-corrected chi connectivity index (χ0v) is 12.3. The van der Waals surface area contributed by atoms with Gasteiger partial charge in [0.15, 0.2) is 11.0 Å². The van der Waals surface area contributed by atoms with E-state index in [2.05, 4.69) is 15.3 Å². The van der Waals surface area contributed by atoms with Gasteiger partial charge in [-0.3, -0.25) is 0 Å². The van der Waals surface area contributed by atoms with E-state index >= 15 is 0 Å². The molecule has 106 valence electrons. The van der Waals surface area contributed by atoms with Crippen LogP contribution in [0.4, 0.5) is 5.82 Å². The molecule has 0 bridgehead atoms. The van der Waals surface area contributed by atoms with Gasteiger partial charge in [-0.15, -0.1) is 0 Å². The average molecular weight is 300 g/mol. The SMILES string of the molecule is COc1cccc(CNc2nc3ccccc3nc2Cl)c1. The molecule has 4 nitrogen and oxygen atoms in total. The third-order valence-electron chi connectivity index (χ3n) is 3.12. The van der Waals surface area contributed by atoms with Gasteiger partial charge in [-0.05, 0) is 29.8 Å². The first-order valence-electron chi connectivity index (χ1n) is 6.55. The second-order valence-corrected chi connectivity index (χ2v) is 4.91. The van der Waals surface area contributed by atoms with E-state index in [4.69, 9.17) is 16.3 Å². The van der Waals surface area contributed by atoms with Crippen molar-refractivity contribution in [2.75, 3.05) is 12.4 Å². The standard InChI is InChI=1S/C16H14ClN3O/c1-21-12-6-4-5-11(9-12)10-18-16-15(17)19-13-7-2-3-8-14(13)20-16/h2-9H,10H2,1H3,(H,18,20). The number of aromatic nitrogens is 2. The monoisotopic (exact) mass is 299 g/mol. The third kappa shape index (κ3) is 3.06. The quantitative estimate of drug-likeness (QED) is 0.793. The number of halogens is 1. The number of hydrogen-bond donors (Lipinski definition) is 1. The van der Waals surface area contributed by atoms with Gasteiger partial charge >= 0.3 is 0 Å². The highest BCUT2D eigenvalue weighted by Crippen LogP contribution is 2.22. The van der Waals surface area contributed by atoms with Gasteiger partial charge in [0.2, 0.25) is 0 Å². The van der Waals surface area contributed by atoms with E-state index in [1.165, 1.54) is 0 Å². The Morgan fingerprint density at radius 3 is 2.57 bits per heavy atom. The fourth-order valence-corrected chi connectivity index (χ4v) is 2.26. The van der Waals surface area contributed by atoms with Gasteiger partial charge in [0.25, 0.3) is 0 Å². The van der Waals surface area contributed by atoms with Crippen molar-refractivity contribution in [3.63, 3.8) is 0 Å². The van der Waals surface area contributed by atoms with Gasteiger partial charge in [0.05, 0.1) is 18.1 Å². The molecular weight excluding hydrogens is 286 g/mol. The van der Waals surface area contributed by atoms with Gasteiger partial charge in [0, 0.05) is 6.54 Å². The van der Waals surface area contributed by atoms with Gasteiger partial charge in [0.1, 0.15) is 5.75 Å². The number of nitrogens with zero attached hydrogens (tertiary/aromatic N) is 2. The molecule has 0 aliphatic rings. The van der Waals surface area contributed by atoms with Crippen LogP contribution in [0, 0.1) is 0 Å². The molecule has 1 N–H and O–H groups in total. The lowest BCUT2D eigenvalue weighted by molar-refractivity contribution is 0.414. The van der Waals surface area contributed by atoms with Gasteiger partial charge in [-0.25, -0.2) is 9.97 Å². The maximum Gasteiger partial charge on any atom is 0.172 e. The molecule has 1 heterocycles. The molecule has 21 heavy (non-hydrogen) atoms. The Morgan fingerprint density at radius 2 is 1.81 bits per heavy atom. The van der Waals surface area contributed by atoms with Crippen LogP contribution < -0.4 is 10.1 Å². The summed E-state index contributed by atoms with van der Waals surface area (Å²) in [6, 6.07) is 15.5. The van der Waals surface area contributed by atoms with E-state index in [1.54, 1.807) is 7.11 Å². The van der Waals surface area contributed by atoms with E-state index in [1.807, 2.05) is 48.5 Å². The fraction of sp³-hybridized carbons (Fsp3) is 0.125. The number of nitrogens with one attached hydrogen (secondary N) is 1. The van der Waals surface area contributed by atoms with E-state index in [0.29, 0.717) is 17.5 Å². The fourth-order valence-electron chi connectivity index (χ4n) is 2.06. The summed E-state index contributed by atoms with van der Waals surface area (Å²) in [7, 11) is 1.65. The lowest BCUT2D eigenvalue weighted by atomic mass is 10.2. The van der Waals surface area contributed by atoms with Crippen LogP contribution >= 0.6 is 11.6 Å². The summed E-state index contributed by atoms with van der Waals surface area (Å²) in [6.45, 7) is 0.601. The average Bonchev–Trinajstić information content (AvgIpc) is 2.53. The van der Waals surface area contributed by atoms with E-state index in [-0.39, 0.29) is 0 Å². The predicted octanol–water partition coefficient (Wildman–Crippen LogP) is 3.90. The molecule has 3 rings (SSSR count). The highest BCUT2D eigenvalue weighted by Gasteiger charge is 2.06. The Bertz CT molecular complexity index is 776. The van der Waals surface area contributed by atoms with Crippen molar-refractivity contribution < 1.29 is 4.74 Å². The minimum Gasteiger partial charge on any atom is -0.497 e. The van der Waals surface area contributed by atoms with Crippen molar-refractivity contribution in [2.45, 2.75) is 6.54 Å². The van der Waals surface area contributed by atoms with Crippen LogP contribution in [0.2, 0.25) is 5.15 Å². The Labute approximate surface area is 127 Å². The Kier molecular flexibility index (Phi) is 3.88. The summed E-state index contributed by atoms with van der Waals surface area (Å²) in [5.74, 6) is 1.41. The number of fused-ring (bicyclic) bond motifs is 1. The van der Waals surface area contributed by atoms with Crippen LogP contribution in [0.15, 0.2) is 48.5 Å². The van der Waals surface area contributed by atoms with Crippen LogP contribution in [0.5, 0.6) is 5.75 Å². The molecule has 0 radical (unpaired) electrons. The maximum atomic E-state index is 6.17. The molecule has 0 spiro atoms. The molecule has 0 aliphatic heterocycles. The van der Waals surface area contributed by atoms with Crippen molar-refractivity contribution in [1.29, 1.82) is 0 Å². The normalized spacial score (nSPS) is 10.6. The minimum atomic E-state index is 0.372. The molecule has 1 aromatic heterocycles. The third-order valence-corrected chi connectivity index (χ3v) is 3.39. The highest BCUT2D eigenvalue weighted by molar-refractivity contribution is 6.32. The van der Waals surface area contributed by atoms with Gasteiger partial charge in [-0.2, -0.15) is 0 Å². The van der Waals surface area contributed by atoms with Crippen molar-refractivity contribution in [3.05, 3.63) is 59.2 Å². The van der Waals surface area contributed by atoms with E-state index in [9.17, 15) is 0 Å². The maximum absolute atomic E-state index is 6.17. The van der Waals surface area contributed by atoms with E-state index in [0.717, 1.165) is 22.3 Å². The van der Waals surface area contributed by atoms with E-state index < -0.39 is 0 Å². The summed E-state index contributed by atoms with van der Waals surface area (Å²) >= 11 is 6.17. The largest absolute Gasteiger partial charge is 0.497 e. The topological polar surface area (TPSA) is 47.0 Å². The molecule has 0 amide bonds. The lowest BCUT2D eigenvalue weighted by Gasteiger charge is -2.09. The first-order valence-corrected chi connectivity index (χ1v) is 6.93. The Balaban J connectivity index is 1.82. The zero-order valence-electron chi connectivity index (χ0n) is 11.5. The summed E-state index contributed by atoms with van der Waals surface area (Å²) < 4.78 is 5.21. The number of benzene rings is 2. The van der Waals surface area contributed by atoms with Crippen LogP contribution in [-0.4, -0.2) is 17.1 Å². The zero-order chi connectivity index (χ0) is 14.7. The summed E-state index contributed by atoms with van der Waals surface area (Å²) in [6.07, 6.45) is 0. The smallest absolute Gasteiger partial charge is 0.172 e. The Morgan fingerprint density at radius 1 is 1.05 bits per heavy atom. The van der Waals surface area contributed by atoms with Crippen molar-refractivity contribution in [3.8, 4) is 5.75 Å². The van der Waals surface area contributed by atoms with Crippen molar-refractivity contribution >= 4 is 28.5 Å². The summed E-state index contributed by atoms with van der Waals surface area (Å²) in [4.78, 5) is 8.83.